The highest BCUT2D eigenvalue weighted by Gasteiger charge is 2.26. The Bertz CT molecular complexity index is 1440. The van der Waals surface area contributed by atoms with E-state index in [0.717, 1.165) is 0 Å². The number of carbonyl (C=O) groups excluding carboxylic acids is 1. The number of hydrogen-bond donors (Lipinski definition) is 2. The molecule has 1 amide bonds. The highest BCUT2D eigenvalue weighted by Crippen LogP contribution is 2.24. The minimum atomic E-state index is -4.21. The van der Waals surface area contributed by atoms with Gasteiger partial charge in [0.2, 0.25) is 5.13 Å². The van der Waals surface area contributed by atoms with E-state index in [1.54, 1.807) is 73.3 Å². The van der Waals surface area contributed by atoms with Crippen LogP contribution >= 0.6 is 11.3 Å². The number of carbonyl (C=O) groups is 1. The molecule has 4 rings (SSSR count). The second-order valence-electron chi connectivity index (χ2n) is 6.74. The first-order valence-corrected chi connectivity index (χ1v) is 11.6. The Morgan fingerprint density at radius 1 is 1.00 bits per heavy atom. The smallest absolute Gasteiger partial charge is 0.296 e. The van der Waals surface area contributed by atoms with Gasteiger partial charge in [0.1, 0.15) is 5.69 Å². The predicted molar refractivity (Wildman–Crippen MR) is 121 cm³/mol. The van der Waals surface area contributed by atoms with Gasteiger partial charge in [-0.25, -0.2) is 4.68 Å². The largest absolute Gasteiger partial charge is 0.296 e. The summed E-state index contributed by atoms with van der Waals surface area (Å²) in [7, 11) is -2.55. The maximum absolute atomic E-state index is 13.0. The predicted octanol–water partition coefficient (Wildman–Crippen LogP) is 2.39. The van der Waals surface area contributed by atoms with Gasteiger partial charge in [-0.15, -0.1) is 10.2 Å². The van der Waals surface area contributed by atoms with Crippen molar-refractivity contribution in [2.45, 2.75) is 11.3 Å². The summed E-state index contributed by atoms with van der Waals surface area (Å²) in [5.74, 6) is -0.441. The molecular weight excluding hydrogens is 452 g/mol. The molecule has 2 heterocycles. The van der Waals surface area contributed by atoms with Crippen molar-refractivity contribution in [3.8, 4) is 5.69 Å². The maximum atomic E-state index is 13.0. The monoisotopic (exact) mass is 470 g/mol. The summed E-state index contributed by atoms with van der Waals surface area (Å²) in [6.07, 6.45) is 0. The fraction of sp³-hybridized carbons (Fsp3) is 0.100. The first-order valence-electron chi connectivity index (χ1n) is 9.34. The van der Waals surface area contributed by atoms with E-state index in [0.29, 0.717) is 28.3 Å². The van der Waals surface area contributed by atoms with Crippen LogP contribution in [0, 0.1) is 6.92 Å². The zero-order chi connectivity index (χ0) is 22.9. The summed E-state index contributed by atoms with van der Waals surface area (Å²) in [5.41, 5.74) is 0.787. The molecule has 2 N–H and O–H groups in total. The average molecular weight is 471 g/mol. The van der Waals surface area contributed by atoms with Gasteiger partial charge in [-0.3, -0.25) is 24.3 Å². The Labute approximate surface area is 187 Å². The second kappa shape index (κ2) is 8.40. The molecule has 4 aromatic rings. The van der Waals surface area contributed by atoms with E-state index in [2.05, 4.69) is 20.2 Å². The van der Waals surface area contributed by atoms with Crippen molar-refractivity contribution in [2.24, 2.45) is 7.05 Å². The molecule has 0 saturated carbocycles. The van der Waals surface area contributed by atoms with Crippen LogP contribution in [0.1, 0.15) is 16.1 Å². The lowest BCUT2D eigenvalue weighted by Crippen LogP contribution is -2.23. The third-order valence-corrected chi connectivity index (χ3v) is 7.24. The molecule has 0 saturated heterocycles. The van der Waals surface area contributed by atoms with Gasteiger partial charge in [0.15, 0.2) is 0 Å². The molecule has 12 heteroatoms. The minimum Gasteiger partial charge on any atom is -0.296 e. The van der Waals surface area contributed by atoms with Gasteiger partial charge in [0, 0.05) is 12.6 Å². The number of anilines is 2. The minimum absolute atomic E-state index is 0.0192. The van der Waals surface area contributed by atoms with E-state index < -0.39 is 21.5 Å². The molecule has 0 aliphatic rings. The van der Waals surface area contributed by atoms with Crippen LogP contribution in [0.25, 0.3) is 5.69 Å². The maximum Gasteiger partial charge on any atom is 0.296 e. The summed E-state index contributed by atoms with van der Waals surface area (Å²) in [4.78, 5) is 25.2. The van der Waals surface area contributed by atoms with Crippen LogP contribution in [0.15, 0.2) is 69.8 Å². The number of benzene rings is 2. The van der Waals surface area contributed by atoms with E-state index in [1.807, 2.05) is 6.07 Å². The van der Waals surface area contributed by atoms with E-state index in [-0.39, 0.29) is 15.2 Å². The highest BCUT2D eigenvalue weighted by molar-refractivity contribution is 7.94. The normalized spacial score (nSPS) is 11.3. The molecule has 2 aromatic heterocycles. The van der Waals surface area contributed by atoms with Gasteiger partial charge in [0.25, 0.3) is 25.8 Å². The third-order valence-electron chi connectivity index (χ3n) is 4.68. The number of amides is 1. The van der Waals surface area contributed by atoms with Gasteiger partial charge >= 0.3 is 0 Å². The van der Waals surface area contributed by atoms with Crippen molar-refractivity contribution < 1.29 is 13.2 Å². The van der Waals surface area contributed by atoms with E-state index in [1.165, 1.54) is 4.68 Å². The van der Waals surface area contributed by atoms with Crippen molar-refractivity contribution in [1.82, 2.24) is 19.6 Å². The van der Waals surface area contributed by atoms with E-state index >= 15 is 0 Å². The molecule has 0 unspecified atom stereocenters. The molecule has 0 fully saturated rings. The van der Waals surface area contributed by atoms with E-state index in [4.69, 9.17) is 0 Å². The van der Waals surface area contributed by atoms with Crippen molar-refractivity contribution in [3.05, 3.63) is 82.3 Å². The standard InChI is InChI=1S/C20H18N6O4S2/c1-13-16(18(28)26(25(13)2)15-11-7-4-8-12-15)24-32(29,30)20-23-22-19(31-20)21-17(27)14-9-5-3-6-10-14/h3-12,24H,1-2H3,(H,21,22,27). The molecule has 10 nitrogen and oxygen atoms in total. The number of nitrogens with one attached hydrogen (secondary N) is 2. The SMILES string of the molecule is Cc1c(NS(=O)(=O)c2nnc(NC(=O)c3ccccc3)s2)c(=O)n(-c2ccccc2)n1C. The van der Waals surface area contributed by atoms with Crippen molar-refractivity contribution in [2.75, 3.05) is 10.0 Å². The Morgan fingerprint density at radius 2 is 1.62 bits per heavy atom. The Hall–Kier alpha value is -3.77. The van der Waals surface area contributed by atoms with Crippen molar-refractivity contribution in [3.63, 3.8) is 0 Å². The van der Waals surface area contributed by atoms with Crippen LogP contribution in [0.2, 0.25) is 0 Å². The van der Waals surface area contributed by atoms with Crippen LogP contribution in [-0.4, -0.2) is 33.9 Å². The van der Waals surface area contributed by atoms with Gasteiger partial charge < -0.3 is 0 Å². The first-order chi connectivity index (χ1) is 15.3. The number of hydrogen-bond acceptors (Lipinski definition) is 7. The Balaban J connectivity index is 1.60. The van der Waals surface area contributed by atoms with Crippen molar-refractivity contribution in [1.29, 1.82) is 0 Å². The Kier molecular flexibility index (Phi) is 5.63. The first kappa shape index (κ1) is 21.5. The summed E-state index contributed by atoms with van der Waals surface area (Å²) in [6.45, 7) is 1.63. The van der Waals surface area contributed by atoms with Gasteiger partial charge in [-0.05, 0) is 31.2 Å². The number of sulfonamides is 1. The van der Waals surface area contributed by atoms with Gasteiger partial charge in [0.05, 0.1) is 11.4 Å². The molecule has 0 aliphatic heterocycles. The summed E-state index contributed by atoms with van der Waals surface area (Å²) in [5, 5.41) is 9.93. The van der Waals surface area contributed by atoms with Crippen LogP contribution in [0.4, 0.5) is 10.8 Å². The molecule has 0 bridgehead atoms. The topological polar surface area (TPSA) is 128 Å². The van der Waals surface area contributed by atoms with Crippen LogP contribution in [0.3, 0.4) is 0 Å². The summed E-state index contributed by atoms with van der Waals surface area (Å²) >= 11 is 0.681. The molecule has 0 atom stereocenters. The lowest BCUT2D eigenvalue weighted by molar-refractivity contribution is 0.102. The molecule has 0 radical (unpaired) electrons. The fourth-order valence-electron chi connectivity index (χ4n) is 2.99. The van der Waals surface area contributed by atoms with Crippen LogP contribution in [0.5, 0.6) is 0 Å². The zero-order valence-electron chi connectivity index (χ0n) is 17.0. The quantitative estimate of drug-likeness (QED) is 0.417. The number of rotatable bonds is 6. The molecule has 0 aliphatic carbocycles. The lowest BCUT2D eigenvalue weighted by Gasteiger charge is -2.07. The van der Waals surface area contributed by atoms with Crippen LogP contribution < -0.4 is 15.6 Å². The van der Waals surface area contributed by atoms with Crippen LogP contribution in [-0.2, 0) is 17.1 Å². The average Bonchev–Trinajstić information content (AvgIpc) is 3.34. The van der Waals surface area contributed by atoms with Crippen molar-refractivity contribution >= 4 is 38.1 Å². The van der Waals surface area contributed by atoms with Gasteiger partial charge in [-0.1, -0.05) is 47.7 Å². The third kappa shape index (κ3) is 4.05. The number of nitrogens with zero attached hydrogens (tertiary/aromatic N) is 4. The summed E-state index contributed by atoms with van der Waals surface area (Å²) < 4.78 is 30.6. The molecule has 0 spiro atoms. The Morgan fingerprint density at radius 3 is 2.28 bits per heavy atom. The molecule has 32 heavy (non-hydrogen) atoms. The number of para-hydroxylation sites is 1. The lowest BCUT2D eigenvalue weighted by atomic mass is 10.2. The molecular formula is C20H18N6O4S2. The van der Waals surface area contributed by atoms with E-state index in [9.17, 15) is 18.0 Å². The highest BCUT2D eigenvalue weighted by atomic mass is 32.2. The zero-order valence-corrected chi connectivity index (χ0v) is 18.6. The molecule has 164 valence electrons. The number of aromatic nitrogens is 4. The van der Waals surface area contributed by atoms with Gasteiger partial charge in [-0.2, -0.15) is 8.42 Å². The summed E-state index contributed by atoms with van der Waals surface area (Å²) in [6, 6.07) is 17.3. The molecule has 2 aromatic carbocycles. The fourth-order valence-corrected chi connectivity index (χ4v) is 5.00. The second-order valence-corrected chi connectivity index (χ2v) is 9.57.